The third kappa shape index (κ3) is 5.74. The number of nitrogens with one attached hydrogen (secondary N) is 2. The molecular weight excluding hydrogens is 425 g/mol. The number of aryl methyl sites for hydroxylation is 1. The summed E-state index contributed by atoms with van der Waals surface area (Å²) in [5, 5.41) is 12.8. The van der Waals surface area contributed by atoms with Crippen LogP contribution in [0.4, 0.5) is 0 Å². The summed E-state index contributed by atoms with van der Waals surface area (Å²) >= 11 is 1.77. The first-order chi connectivity index (χ1) is 10.6. The van der Waals surface area contributed by atoms with Crippen molar-refractivity contribution in [3.8, 4) is 0 Å². The first kappa shape index (κ1) is 19.8. The molecule has 128 valence electrons. The Balaban J connectivity index is 0.00000264. The molecule has 0 saturated carbocycles. The monoisotopic (exact) mass is 449 g/mol. The number of halogens is 1. The molecule has 0 fully saturated rings. The maximum Gasteiger partial charge on any atom is 0.191 e. The molecule has 0 aromatic carbocycles. The van der Waals surface area contributed by atoms with Gasteiger partial charge in [-0.1, -0.05) is 6.07 Å². The van der Waals surface area contributed by atoms with Crippen LogP contribution < -0.4 is 10.6 Å². The van der Waals surface area contributed by atoms with Gasteiger partial charge >= 0.3 is 0 Å². The molecule has 2 heterocycles. The van der Waals surface area contributed by atoms with E-state index in [4.69, 9.17) is 0 Å². The number of likely N-dealkylation sites (N-methyl/N-ethyl adjacent to an activating group) is 1. The molecule has 2 rings (SSSR count). The lowest BCUT2D eigenvalue weighted by atomic mass is 10.2. The Morgan fingerprint density at radius 1 is 1.43 bits per heavy atom. The molecule has 9 heteroatoms. The van der Waals surface area contributed by atoms with Crippen LogP contribution in [0, 0.1) is 0 Å². The van der Waals surface area contributed by atoms with Crippen LogP contribution in [0.1, 0.15) is 16.7 Å². The van der Waals surface area contributed by atoms with Gasteiger partial charge in [0.1, 0.15) is 12.2 Å². The van der Waals surface area contributed by atoms with E-state index in [1.54, 1.807) is 29.4 Å². The summed E-state index contributed by atoms with van der Waals surface area (Å²) in [4.78, 5) is 12.0. The summed E-state index contributed by atoms with van der Waals surface area (Å²) < 4.78 is 1.74. The highest BCUT2D eigenvalue weighted by Crippen LogP contribution is 2.22. The van der Waals surface area contributed by atoms with E-state index in [9.17, 15) is 0 Å². The largest absolute Gasteiger partial charge is 0.354 e. The number of aromatic nitrogens is 3. The Bertz CT molecular complexity index is 594. The Kier molecular flexibility index (Phi) is 8.48. The second-order valence-corrected chi connectivity index (χ2v) is 6.08. The van der Waals surface area contributed by atoms with Gasteiger partial charge in [0.2, 0.25) is 0 Å². The number of nitrogens with zero attached hydrogens (tertiary/aromatic N) is 5. The number of thiophene rings is 1. The van der Waals surface area contributed by atoms with Gasteiger partial charge in [-0.3, -0.25) is 9.67 Å². The first-order valence-corrected chi connectivity index (χ1v) is 7.97. The van der Waals surface area contributed by atoms with Crippen LogP contribution in [0.2, 0.25) is 0 Å². The van der Waals surface area contributed by atoms with Gasteiger partial charge in [0.15, 0.2) is 5.96 Å². The minimum Gasteiger partial charge on any atom is -0.354 e. The van der Waals surface area contributed by atoms with Crippen LogP contribution >= 0.6 is 35.3 Å². The molecule has 0 saturated heterocycles. The van der Waals surface area contributed by atoms with Gasteiger partial charge < -0.3 is 15.5 Å². The van der Waals surface area contributed by atoms with Crippen molar-refractivity contribution in [2.75, 3.05) is 27.7 Å². The zero-order valence-corrected chi connectivity index (χ0v) is 17.0. The number of hydrogen-bond donors (Lipinski definition) is 2. The quantitative estimate of drug-likeness (QED) is 0.397. The Labute approximate surface area is 158 Å². The minimum absolute atomic E-state index is 0. The zero-order chi connectivity index (χ0) is 15.9. The van der Waals surface area contributed by atoms with E-state index >= 15 is 0 Å². The fourth-order valence-electron chi connectivity index (χ4n) is 2.08. The van der Waals surface area contributed by atoms with E-state index < -0.39 is 0 Å². The Morgan fingerprint density at radius 3 is 2.74 bits per heavy atom. The van der Waals surface area contributed by atoms with E-state index in [2.05, 4.69) is 62.2 Å². The molecule has 23 heavy (non-hydrogen) atoms. The number of rotatable bonds is 6. The van der Waals surface area contributed by atoms with Gasteiger partial charge in [-0.05, 0) is 25.5 Å². The van der Waals surface area contributed by atoms with Crippen molar-refractivity contribution in [2.24, 2.45) is 12.0 Å². The fourth-order valence-corrected chi connectivity index (χ4v) is 3.00. The molecule has 7 nitrogen and oxygen atoms in total. The first-order valence-electron chi connectivity index (χ1n) is 7.09. The van der Waals surface area contributed by atoms with E-state index in [-0.39, 0.29) is 24.0 Å². The lowest BCUT2D eigenvalue weighted by Gasteiger charge is -2.24. The topological polar surface area (TPSA) is 70.4 Å². The molecule has 1 atom stereocenters. The Morgan fingerprint density at radius 2 is 2.22 bits per heavy atom. The fraction of sp³-hybridized carbons (Fsp3) is 0.500. The lowest BCUT2D eigenvalue weighted by molar-refractivity contribution is 0.302. The van der Waals surface area contributed by atoms with E-state index in [1.165, 1.54) is 4.88 Å². The van der Waals surface area contributed by atoms with E-state index in [0.717, 1.165) is 18.3 Å². The average molecular weight is 449 g/mol. The van der Waals surface area contributed by atoms with Gasteiger partial charge in [-0.25, -0.2) is 4.98 Å². The van der Waals surface area contributed by atoms with Gasteiger partial charge in [-0.2, -0.15) is 5.10 Å². The maximum absolute atomic E-state index is 4.25. The van der Waals surface area contributed by atoms with Crippen molar-refractivity contribution in [3.05, 3.63) is 34.5 Å². The predicted octanol–water partition coefficient (Wildman–Crippen LogP) is 1.46. The van der Waals surface area contributed by atoms with Crippen molar-refractivity contribution in [3.63, 3.8) is 0 Å². The van der Waals surface area contributed by atoms with Crippen LogP contribution in [-0.4, -0.2) is 53.3 Å². The molecule has 0 bridgehead atoms. The van der Waals surface area contributed by atoms with Crippen LogP contribution in [0.3, 0.4) is 0 Å². The van der Waals surface area contributed by atoms with E-state index in [0.29, 0.717) is 12.6 Å². The van der Waals surface area contributed by atoms with Gasteiger partial charge in [0.25, 0.3) is 0 Å². The molecule has 0 aliphatic rings. The highest BCUT2D eigenvalue weighted by Gasteiger charge is 2.15. The van der Waals surface area contributed by atoms with Gasteiger partial charge in [0.05, 0.1) is 12.6 Å². The highest BCUT2D eigenvalue weighted by molar-refractivity contribution is 14.0. The summed E-state index contributed by atoms with van der Waals surface area (Å²) in [7, 11) is 7.81. The second-order valence-electron chi connectivity index (χ2n) is 5.10. The molecule has 0 aliphatic heterocycles. The van der Waals surface area contributed by atoms with Crippen LogP contribution in [0.25, 0.3) is 0 Å². The predicted molar refractivity (Wildman–Crippen MR) is 105 cm³/mol. The summed E-state index contributed by atoms with van der Waals surface area (Å²) in [5.74, 6) is 1.62. The maximum atomic E-state index is 4.25. The van der Waals surface area contributed by atoms with Crippen LogP contribution in [0.15, 0.2) is 28.8 Å². The standard InChI is InChI=1S/C14H23N7S.HI/c1-15-14(17-9-13-18-10-19-21(13)4)16-8-11(20(2)3)12-6-5-7-22-12;/h5-7,10-11H,8-9H2,1-4H3,(H2,15,16,17);1H. The molecule has 0 radical (unpaired) electrons. The highest BCUT2D eigenvalue weighted by atomic mass is 127. The Hall–Kier alpha value is -1.20. The number of hydrogen-bond acceptors (Lipinski definition) is 5. The van der Waals surface area contributed by atoms with Gasteiger partial charge in [-0.15, -0.1) is 35.3 Å². The van der Waals surface area contributed by atoms with Crippen molar-refractivity contribution in [1.82, 2.24) is 30.3 Å². The molecule has 0 spiro atoms. The normalized spacial score (nSPS) is 12.8. The molecular formula is C14H24IN7S. The molecule has 1 unspecified atom stereocenters. The zero-order valence-electron chi connectivity index (χ0n) is 13.9. The summed E-state index contributed by atoms with van der Waals surface area (Å²) in [5.41, 5.74) is 0. The molecule has 2 N–H and O–H groups in total. The second kappa shape index (κ2) is 9.83. The third-order valence-electron chi connectivity index (χ3n) is 3.40. The number of aliphatic imine (C=N–C) groups is 1. The van der Waals surface area contributed by atoms with E-state index in [1.807, 2.05) is 7.05 Å². The summed E-state index contributed by atoms with van der Waals surface area (Å²) in [6.07, 6.45) is 1.55. The summed E-state index contributed by atoms with van der Waals surface area (Å²) in [6, 6.07) is 4.55. The summed E-state index contributed by atoms with van der Waals surface area (Å²) in [6.45, 7) is 1.37. The molecule has 0 amide bonds. The number of guanidine groups is 1. The minimum atomic E-state index is 0. The van der Waals surface area contributed by atoms with Crippen LogP contribution in [-0.2, 0) is 13.6 Å². The smallest absolute Gasteiger partial charge is 0.191 e. The van der Waals surface area contributed by atoms with Crippen molar-refractivity contribution in [2.45, 2.75) is 12.6 Å². The molecule has 2 aromatic heterocycles. The van der Waals surface area contributed by atoms with Crippen molar-refractivity contribution >= 4 is 41.3 Å². The molecule has 0 aliphatic carbocycles. The van der Waals surface area contributed by atoms with Crippen molar-refractivity contribution in [1.29, 1.82) is 0 Å². The third-order valence-corrected chi connectivity index (χ3v) is 4.37. The average Bonchev–Trinajstić information content (AvgIpc) is 3.14. The van der Waals surface area contributed by atoms with Crippen molar-refractivity contribution < 1.29 is 0 Å². The van der Waals surface area contributed by atoms with Gasteiger partial charge in [0, 0.05) is 25.5 Å². The van der Waals surface area contributed by atoms with Crippen LogP contribution in [0.5, 0.6) is 0 Å². The lowest BCUT2D eigenvalue weighted by Crippen LogP contribution is -2.41. The molecule has 2 aromatic rings. The SMILES string of the molecule is CN=C(NCc1ncnn1C)NCC(c1cccs1)N(C)C.I.